The molecule has 0 aliphatic heterocycles. The Bertz CT molecular complexity index is 727. The number of carbonyl (C=O) groups is 2. The van der Waals surface area contributed by atoms with E-state index in [2.05, 4.69) is 16.2 Å². The number of hydrazine groups is 1. The molecule has 2 aromatic rings. The molecule has 1 unspecified atom stereocenters. The van der Waals surface area contributed by atoms with Crippen molar-refractivity contribution in [2.75, 3.05) is 0 Å². The molecule has 2 aromatic carbocycles. The zero-order valence-electron chi connectivity index (χ0n) is 14.5. The van der Waals surface area contributed by atoms with Gasteiger partial charge in [0.25, 0.3) is 5.91 Å². The van der Waals surface area contributed by atoms with Gasteiger partial charge in [-0.05, 0) is 42.7 Å². The number of amides is 3. The van der Waals surface area contributed by atoms with E-state index in [1.54, 1.807) is 24.3 Å². The fourth-order valence-corrected chi connectivity index (χ4v) is 2.50. The summed E-state index contributed by atoms with van der Waals surface area (Å²) in [5, 5.41) is 3.50. The van der Waals surface area contributed by atoms with Crippen LogP contribution in [0.3, 0.4) is 0 Å². The normalized spacial score (nSPS) is 11.7. The Kier molecular flexibility index (Phi) is 6.42. The molecule has 2 rings (SSSR count). The predicted octanol–water partition coefficient (Wildman–Crippen LogP) is 3.99. The minimum absolute atomic E-state index is 0.166. The smallest absolute Gasteiger partial charge is 0.330 e. The summed E-state index contributed by atoms with van der Waals surface area (Å²) in [6, 6.07) is 13.7. The molecule has 0 saturated heterocycles. The predicted molar refractivity (Wildman–Crippen MR) is 99.3 cm³/mol. The number of nitrogens with one attached hydrogen (secondary N) is 3. The lowest BCUT2D eigenvalue weighted by Gasteiger charge is -2.23. The van der Waals surface area contributed by atoms with Gasteiger partial charge in [-0.1, -0.05) is 55.3 Å². The highest BCUT2D eigenvalue weighted by molar-refractivity contribution is 6.30. The lowest BCUT2D eigenvalue weighted by Crippen LogP contribution is -2.48. The summed E-state index contributed by atoms with van der Waals surface area (Å²) < 4.78 is 0. The highest BCUT2D eigenvalue weighted by atomic mass is 35.5. The fraction of sp³-hybridized carbons (Fsp3) is 0.263. The van der Waals surface area contributed by atoms with Gasteiger partial charge in [0, 0.05) is 10.6 Å². The Morgan fingerprint density at radius 1 is 0.920 bits per heavy atom. The number of hydrogen-bond acceptors (Lipinski definition) is 2. The minimum atomic E-state index is -0.478. The molecule has 5 nitrogen and oxygen atoms in total. The van der Waals surface area contributed by atoms with Crippen LogP contribution in [0.4, 0.5) is 4.79 Å². The molecule has 0 aliphatic carbocycles. The number of aryl methyl sites for hydroxylation is 1. The van der Waals surface area contributed by atoms with Crippen molar-refractivity contribution < 1.29 is 9.59 Å². The van der Waals surface area contributed by atoms with Crippen LogP contribution in [-0.4, -0.2) is 11.9 Å². The summed E-state index contributed by atoms with van der Waals surface area (Å²) in [6.07, 6.45) is 0. The van der Waals surface area contributed by atoms with E-state index in [1.165, 1.54) is 0 Å². The Balaban J connectivity index is 1.94. The van der Waals surface area contributed by atoms with Crippen molar-refractivity contribution in [2.45, 2.75) is 26.8 Å². The first-order valence-corrected chi connectivity index (χ1v) is 8.43. The highest BCUT2D eigenvalue weighted by Gasteiger charge is 2.18. The third kappa shape index (κ3) is 5.50. The summed E-state index contributed by atoms with van der Waals surface area (Å²) in [5.41, 5.74) is 7.27. The van der Waals surface area contributed by atoms with E-state index in [0.717, 1.165) is 11.1 Å². The average molecular weight is 360 g/mol. The molecule has 0 spiro atoms. The monoisotopic (exact) mass is 359 g/mol. The van der Waals surface area contributed by atoms with Crippen molar-refractivity contribution >= 4 is 23.5 Å². The minimum Gasteiger partial charge on any atom is -0.330 e. The number of benzene rings is 2. The molecule has 132 valence electrons. The van der Waals surface area contributed by atoms with Crippen molar-refractivity contribution in [1.82, 2.24) is 16.2 Å². The molecule has 6 heteroatoms. The van der Waals surface area contributed by atoms with E-state index >= 15 is 0 Å². The first-order chi connectivity index (χ1) is 11.9. The van der Waals surface area contributed by atoms with E-state index in [4.69, 9.17) is 11.6 Å². The molecule has 0 saturated carbocycles. The lowest BCUT2D eigenvalue weighted by molar-refractivity contribution is 0.0935. The topological polar surface area (TPSA) is 70.2 Å². The van der Waals surface area contributed by atoms with E-state index < -0.39 is 6.03 Å². The second kappa shape index (κ2) is 8.53. The van der Waals surface area contributed by atoms with Gasteiger partial charge in [-0.25, -0.2) is 10.2 Å². The average Bonchev–Trinajstić information content (AvgIpc) is 2.59. The number of rotatable bonds is 4. The fourth-order valence-electron chi connectivity index (χ4n) is 2.37. The second-order valence-electron chi connectivity index (χ2n) is 6.19. The second-order valence-corrected chi connectivity index (χ2v) is 6.63. The SMILES string of the molecule is Cc1ccc(C(=O)NNC(=O)NC(c2ccc(Cl)cc2)C(C)C)cc1. The van der Waals surface area contributed by atoms with Gasteiger partial charge in [-0.2, -0.15) is 0 Å². The van der Waals surface area contributed by atoms with Crippen LogP contribution in [0.1, 0.15) is 41.4 Å². The van der Waals surface area contributed by atoms with Crippen LogP contribution in [0.25, 0.3) is 0 Å². The van der Waals surface area contributed by atoms with Crippen molar-refractivity contribution in [3.8, 4) is 0 Å². The molecule has 1 atom stereocenters. The van der Waals surface area contributed by atoms with E-state index in [1.807, 2.05) is 45.0 Å². The molecule has 0 fully saturated rings. The molecular formula is C19H22ClN3O2. The van der Waals surface area contributed by atoms with Gasteiger partial charge in [0.2, 0.25) is 0 Å². The number of urea groups is 1. The maximum absolute atomic E-state index is 12.1. The van der Waals surface area contributed by atoms with Gasteiger partial charge in [-0.15, -0.1) is 0 Å². The first-order valence-electron chi connectivity index (χ1n) is 8.06. The van der Waals surface area contributed by atoms with Gasteiger partial charge in [0.05, 0.1) is 6.04 Å². The quantitative estimate of drug-likeness (QED) is 0.722. The van der Waals surface area contributed by atoms with Crippen LogP contribution in [0.15, 0.2) is 48.5 Å². The Morgan fingerprint density at radius 3 is 2.08 bits per heavy atom. The molecule has 0 bridgehead atoms. The number of carbonyl (C=O) groups excluding carboxylic acids is 2. The summed E-state index contributed by atoms with van der Waals surface area (Å²) in [4.78, 5) is 24.1. The molecule has 0 heterocycles. The highest BCUT2D eigenvalue weighted by Crippen LogP contribution is 2.23. The lowest BCUT2D eigenvalue weighted by atomic mass is 9.96. The summed E-state index contributed by atoms with van der Waals surface area (Å²) in [5.74, 6) is -0.206. The maximum Gasteiger partial charge on any atom is 0.333 e. The van der Waals surface area contributed by atoms with Gasteiger partial charge < -0.3 is 5.32 Å². The molecule has 0 radical (unpaired) electrons. The van der Waals surface area contributed by atoms with E-state index in [0.29, 0.717) is 10.6 Å². The summed E-state index contributed by atoms with van der Waals surface area (Å²) >= 11 is 5.91. The largest absolute Gasteiger partial charge is 0.333 e. The van der Waals surface area contributed by atoms with E-state index in [-0.39, 0.29) is 17.9 Å². The van der Waals surface area contributed by atoms with Crippen LogP contribution in [-0.2, 0) is 0 Å². The van der Waals surface area contributed by atoms with Crippen LogP contribution >= 0.6 is 11.6 Å². The summed E-state index contributed by atoms with van der Waals surface area (Å²) in [6.45, 7) is 5.95. The Morgan fingerprint density at radius 2 is 1.52 bits per heavy atom. The number of halogens is 1. The van der Waals surface area contributed by atoms with Gasteiger partial charge >= 0.3 is 6.03 Å². The van der Waals surface area contributed by atoms with Crippen LogP contribution in [0.2, 0.25) is 5.02 Å². The van der Waals surface area contributed by atoms with Crippen LogP contribution in [0, 0.1) is 12.8 Å². The van der Waals surface area contributed by atoms with E-state index in [9.17, 15) is 9.59 Å². The summed E-state index contributed by atoms with van der Waals surface area (Å²) in [7, 11) is 0. The number of hydrogen-bond donors (Lipinski definition) is 3. The zero-order valence-corrected chi connectivity index (χ0v) is 15.2. The van der Waals surface area contributed by atoms with Gasteiger partial charge in [0.1, 0.15) is 0 Å². The van der Waals surface area contributed by atoms with Crippen molar-refractivity contribution in [3.05, 3.63) is 70.2 Å². The van der Waals surface area contributed by atoms with Crippen LogP contribution in [0.5, 0.6) is 0 Å². The molecule has 0 aromatic heterocycles. The third-order valence-electron chi connectivity index (χ3n) is 3.79. The Labute approximate surface area is 152 Å². The van der Waals surface area contributed by atoms with Gasteiger partial charge in [0.15, 0.2) is 0 Å². The maximum atomic E-state index is 12.1. The first kappa shape index (κ1) is 18.8. The third-order valence-corrected chi connectivity index (χ3v) is 4.04. The Hall–Kier alpha value is -2.53. The van der Waals surface area contributed by atoms with Crippen molar-refractivity contribution in [1.29, 1.82) is 0 Å². The standard InChI is InChI=1S/C19H22ClN3O2/c1-12(2)17(14-8-10-16(20)11-9-14)21-19(25)23-22-18(24)15-6-4-13(3)5-7-15/h4-12,17H,1-3H3,(H,22,24)(H2,21,23,25). The molecular weight excluding hydrogens is 338 g/mol. The van der Waals surface area contributed by atoms with Crippen molar-refractivity contribution in [3.63, 3.8) is 0 Å². The zero-order chi connectivity index (χ0) is 18.4. The molecule has 3 amide bonds. The van der Waals surface area contributed by atoms with Crippen LogP contribution < -0.4 is 16.2 Å². The molecule has 3 N–H and O–H groups in total. The molecule has 0 aliphatic rings. The van der Waals surface area contributed by atoms with Gasteiger partial charge in [-0.3, -0.25) is 10.2 Å². The van der Waals surface area contributed by atoms with Crippen molar-refractivity contribution in [2.24, 2.45) is 5.92 Å². The molecule has 25 heavy (non-hydrogen) atoms.